The molecule has 1 atom stereocenters. The van der Waals surface area contributed by atoms with Crippen molar-refractivity contribution >= 4 is 22.6 Å². The topological polar surface area (TPSA) is 47.4 Å². The van der Waals surface area contributed by atoms with E-state index in [1.165, 1.54) is 5.56 Å². The highest BCUT2D eigenvalue weighted by atomic mass is 16.5. The van der Waals surface area contributed by atoms with E-state index in [9.17, 15) is 4.79 Å². The molecule has 5 rings (SSSR count). The lowest BCUT2D eigenvalue weighted by atomic mass is 10.1. The van der Waals surface area contributed by atoms with Crippen LogP contribution in [0.3, 0.4) is 0 Å². The number of carbonyl (C=O) groups is 1. The Morgan fingerprint density at radius 3 is 2.61 bits per heavy atom. The summed E-state index contributed by atoms with van der Waals surface area (Å²) in [5.74, 6) is 2.12. The molecule has 0 radical (unpaired) electrons. The molecular weight excluding hydrogens is 410 g/mol. The zero-order valence-corrected chi connectivity index (χ0v) is 19.2. The van der Waals surface area contributed by atoms with Crippen molar-refractivity contribution in [1.29, 1.82) is 0 Å². The summed E-state index contributed by atoms with van der Waals surface area (Å²) in [6.45, 7) is 6.25. The maximum Gasteiger partial charge on any atom is 0.227 e. The summed E-state index contributed by atoms with van der Waals surface area (Å²) in [7, 11) is 0. The van der Waals surface area contributed by atoms with Gasteiger partial charge in [0.05, 0.1) is 17.6 Å². The van der Waals surface area contributed by atoms with E-state index in [2.05, 4.69) is 48.7 Å². The van der Waals surface area contributed by atoms with Crippen LogP contribution in [0.25, 0.3) is 11.0 Å². The molecule has 5 heteroatoms. The summed E-state index contributed by atoms with van der Waals surface area (Å²) in [6.07, 6.45) is 1.35. The molecule has 0 bridgehead atoms. The summed E-state index contributed by atoms with van der Waals surface area (Å²) in [4.78, 5) is 19.9. The average molecular weight is 440 g/mol. The number of aryl methyl sites for hydroxylation is 3. The normalized spacial score (nSPS) is 16.0. The number of hydrogen-bond donors (Lipinski definition) is 0. The van der Waals surface area contributed by atoms with Gasteiger partial charge >= 0.3 is 0 Å². The van der Waals surface area contributed by atoms with Crippen LogP contribution in [-0.2, 0) is 11.3 Å². The summed E-state index contributed by atoms with van der Waals surface area (Å²) < 4.78 is 8.19. The van der Waals surface area contributed by atoms with Crippen LogP contribution in [0.15, 0.2) is 72.8 Å². The fraction of sp³-hybridized carbons (Fsp3) is 0.286. The summed E-state index contributed by atoms with van der Waals surface area (Å²) in [5.41, 5.74) is 5.44. The molecule has 1 aliphatic heterocycles. The predicted molar refractivity (Wildman–Crippen MR) is 132 cm³/mol. The van der Waals surface area contributed by atoms with Gasteiger partial charge in [-0.1, -0.05) is 48.0 Å². The number of nitrogens with zero attached hydrogens (tertiary/aromatic N) is 3. The van der Waals surface area contributed by atoms with Crippen LogP contribution in [0.2, 0.25) is 0 Å². The van der Waals surface area contributed by atoms with Crippen LogP contribution in [0.5, 0.6) is 5.75 Å². The number of anilines is 1. The smallest absolute Gasteiger partial charge is 0.227 e. The molecule has 0 spiro atoms. The zero-order valence-electron chi connectivity index (χ0n) is 19.2. The number of para-hydroxylation sites is 3. The number of ether oxygens (including phenoxy) is 1. The molecule has 1 aromatic heterocycles. The largest absolute Gasteiger partial charge is 0.494 e. The first kappa shape index (κ1) is 21.3. The molecule has 3 aromatic carbocycles. The van der Waals surface area contributed by atoms with Crippen LogP contribution in [0, 0.1) is 13.8 Å². The van der Waals surface area contributed by atoms with E-state index >= 15 is 0 Å². The Morgan fingerprint density at radius 2 is 1.79 bits per heavy atom. The molecule has 1 aliphatic rings. The summed E-state index contributed by atoms with van der Waals surface area (Å²) >= 11 is 0. The average Bonchev–Trinajstić information content (AvgIpc) is 3.38. The van der Waals surface area contributed by atoms with Crippen LogP contribution in [-0.4, -0.2) is 28.6 Å². The molecule has 0 N–H and O–H groups in total. The predicted octanol–water partition coefficient (Wildman–Crippen LogP) is 5.64. The maximum absolute atomic E-state index is 13.0. The van der Waals surface area contributed by atoms with Crippen LogP contribution in [0.4, 0.5) is 5.69 Å². The van der Waals surface area contributed by atoms with Crippen molar-refractivity contribution in [2.45, 2.75) is 39.2 Å². The van der Waals surface area contributed by atoms with E-state index in [4.69, 9.17) is 9.72 Å². The summed E-state index contributed by atoms with van der Waals surface area (Å²) in [6, 6.07) is 24.4. The number of aromatic nitrogens is 2. The van der Waals surface area contributed by atoms with Crippen molar-refractivity contribution in [2.24, 2.45) is 0 Å². The highest BCUT2D eigenvalue weighted by Crippen LogP contribution is 2.34. The van der Waals surface area contributed by atoms with Gasteiger partial charge in [0.2, 0.25) is 5.91 Å². The number of benzene rings is 3. The molecule has 33 heavy (non-hydrogen) atoms. The van der Waals surface area contributed by atoms with Crippen molar-refractivity contribution in [1.82, 2.24) is 9.55 Å². The Morgan fingerprint density at radius 1 is 1.00 bits per heavy atom. The van der Waals surface area contributed by atoms with E-state index in [1.807, 2.05) is 47.4 Å². The second kappa shape index (κ2) is 9.10. The minimum Gasteiger partial charge on any atom is -0.494 e. The van der Waals surface area contributed by atoms with Crippen molar-refractivity contribution in [3.05, 3.63) is 89.7 Å². The van der Waals surface area contributed by atoms with E-state index in [0.717, 1.165) is 46.8 Å². The van der Waals surface area contributed by atoms with Crippen molar-refractivity contribution in [3.63, 3.8) is 0 Å². The fourth-order valence-corrected chi connectivity index (χ4v) is 4.79. The monoisotopic (exact) mass is 439 g/mol. The molecule has 5 nitrogen and oxygen atoms in total. The minimum atomic E-state index is 0.0700. The molecule has 0 saturated carbocycles. The second-order valence-corrected chi connectivity index (χ2v) is 8.82. The van der Waals surface area contributed by atoms with Gasteiger partial charge in [0, 0.05) is 31.1 Å². The Hall–Kier alpha value is -3.60. The van der Waals surface area contributed by atoms with Gasteiger partial charge in [-0.05, 0) is 56.2 Å². The standard InChI is InChI=1S/C28H29N3O2/c1-20-13-14-25(21(2)17-20)31-19-22(18-27(31)32)28-29-24-11-6-7-12-26(24)30(28)15-8-16-33-23-9-4-3-5-10-23/h3-7,9-14,17,22H,8,15-16,18-19H2,1-2H3/t22-/m1/s1. The van der Waals surface area contributed by atoms with E-state index in [-0.39, 0.29) is 11.8 Å². The number of rotatable bonds is 7. The molecule has 2 heterocycles. The number of imidazole rings is 1. The third-order valence-electron chi connectivity index (χ3n) is 6.36. The third-order valence-corrected chi connectivity index (χ3v) is 6.36. The van der Waals surface area contributed by atoms with Crippen molar-refractivity contribution < 1.29 is 9.53 Å². The van der Waals surface area contributed by atoms with Crippen LogP contribution >= 0.6 is 0 Å². The number of fused-ring (bicyclic) bond motifs is 1. The van der Waals surface area contributed by atoms with E-state index < -0.39 is 0 Å². The molecule has 1 amide bonds. The number of carbonyl (C=O) groups excluding carboxylic acids is 1. The van der Waals surface area contributed by atoms with Gasteiger partial charge in [-0.2, -0.15) is 0 Å². The Labute approximate surface area is 194 Å². The van der Waals surface area contributed by atoms with Crippen LogP contribution in [0.1, 0.15) is 35.7 Å². The van der Waals surface area contributed by atoms with Crippen molar-refractivity contribution in [3.8, 4) is 5.75 Å². The van der Waals surface area contributed by atoms with E-state index in [1.54, 1.807) is 0 Å². The fourth-order valence-electron chi connectivity index (χ4n) is 4.79. The van der Waals surface area contributed by atoms with Gasteiger partial charge in [-0.3, -0.25) is 4.79 Å². The lowest BCUT2D eigenvalue weighted by molar-refractivity contribution is -0.117. The number of hydrogen-bond acceptors (Lipinski definition) is 3. The molecule has 0 unspecified atom stereocenters. The Kier molecular flexibility index (Phi) is 5.86. The van der Waals surface area contributed by atoms with E-state index in [0.29, 0.717) is 19.6 Å². The molecule has 168 valence electrons. The van der Waals surface area contributed by atoms with Crippen LogP contribution < -0.4 is 9.64 Å². The lowest BCUT2D eigenvalue weighted by Crippen LogP contribution is -2.25. The van der Waals surface area contributed by atoms with Gasteiger partial charge in [0.25, 0.3) is 0 Å². The molecule has 1 saturated heterocycles. The quantitative estimate of drug-likeness (QED) is 0.350. The zero-order chi connectivity index (χ0) is 22.8. The molecule has 0 aliphatic carbocycles. The first-order valence-electron chi connectivity index (χ1n) is 11.6. The lowest BCUT2D eigenvalue weighted by Gasteiger charge is -2.20. The number of amides is 1. The summed E-state index contributed by atoms with van der Waals surface area (Å²) in [5, 5.41) is 0. The molecular formula is C28H29N3O2. The Bertz CT molecular complexity index is 1280. The van der Waals surface area contributed by atoms with Gasteiger partial charge < -0.3 is 14.2 Å². The van der Waals surface area contributed by atoms with Crippen molar-refractivity contribution in [2.75, 3.05) is 18.1 Å². The maximum atomic E-state index is 13.0. The Balaban J connectivity index is 1.37. The van der Waals surface area contributed by atoms with Gasteiger partial charge in [-0.15, -0.1) is 0 Å². The first-order chi connectivity index (χ1) is 16.1. The minimum absolute atomic E-state index is 0.0700. The highest BCUT2D eigenvalue weighted by Gasteiger charge is 2.35. The second-order valence-electron chi connectivity index (χ2n) is 8.82. The molecule has 1 fully saturated rings. The first-order valence-corrected chi connectivity index (χ1v) is 11.6. The van der Waals surface area contributed by atoms with Gasteiger partial charge in [0.1, 0.15) is 11.6 Å². The highest BCUT2D eigenvalue weighted by molar-refractivity contribution is 5.97. The third kappa shape index (κ3) is 4.36. The SMILES string of the molecule is Cc1ccc(N2C[C@H](c3nc4ccccc4n3CCCOc3ccccc3)CC2=O)c(C)c1. The molecule has 4 aromatic rings. The van der Waals surface area contributed by atoms with Gasteiger partial charge in [-0.25, -0.2) is 4.98 Å². The van der Waals surface area contributed by atoms with Gasteiger partial charge in [0.15, 0.2) is 0 Å².